The first-order chi connectivity index (χ1) is 11.9. The first kappa shape index (κ1) is 16.9. The molecule has 1 aromatic heterocycles. The average Bonchev–Trinajstić information content (AvgIpc) is 3.03. The molecule has 0 aliphatic rings. The van der Waals surface area contributed by atoms with Crippen LogP contribution >= 0.6 is 0 Å². The molecule has 2 aromatic carbocycles. The highest BCUT2D eigenvalue weighted by molar-refractivity contribution is 7.92. The van der Waals surface area contributed by atoms with Crippen molar-refractivity contribution in [2.45, 2.75) is 18.7 Å². The summed E-state index contributed by atoms with van der Waals surface area (Å²) in [5.74, 6) is -0.186. The Morgan fingerprint density at radius 3 is 2.52 bits per heavy atom. The number of rotatable bonds is 5. The molecule has 0 spiro atoms. The third-order valence-electron chi connectivity index (χ3n) is 3.71. The molecule has 0 bridgehead atoms. The molecule has 128 valence electrons. The van der Waals surface area contributed by atoms with E-state index in [0.717, 1.165) is 11.1 Å². The molecule has 25 heavy (non-hydrogen) atoms. The third-order valence-corrected chi connectivity index (χ3v) is 5.04. The Balaban J connectivity index is 1.95. The summed E-state index contributed by atoms with van der Waals surface area (Å²) in [6, 6.07) is 13.4. The van der Waals surface area contributed by atoms with Gasteiger partial charge in [-0.25, -0.2) is 13.1 Å². The number of aromatic nitrogens is 1. The molecule has 0 amide bonds. The highest BCUT2D eigenvalue weighted by Gasteiger charge is 2.20. The molecule has 0 saturated carbocycles. The second kappa shape index (κ2) is 6.52. The molecular formula is C18H16N2O4S. The van der Waals surface area contributed by atoms with E-state index >= 15 is 0 Å². The molecule has 1 N–H and O–H groups in total. The van der Waals surface area contributed by atoms with Gasteiger partial charge in [0.1, 0.15) is 0 Å². The maximum absolute atomic E-state index is 12.6. The van der Waals surface area contributed by atoms with Crippen molar-refractivity contribution >= 4 is 21.7 Å². The molecule has 0 fully saturated rings. The summed E-state index contributed by atoms with van der Waals surface area (Å²) in [6.45, 7) is 3.34. The Morgan fingerprint density at radius 1 is 1.12 bits per heavy atom. The van der Waals surface area contributed by atoms with Crippen molar-refractivity contribution in [1.82, 2.24) is 5.16 Å². The normalized spacial score (nSPS) is 11.3. The number of anilines is 1. The van der Waals surface area contributed by atoms with Crippen LogP contribution in [0.4, 0.5) is 5.88 Å². The predicted octanol–water partition coefficient (Wildman–Crippen LogP) is 3.65. The summed E-state index contributed by atoms with van der Waals surface area (Å²) in [5, 5.41) is 3.69. The van der Waals surface area contributed by atoms with Gasteiger partial charge in [0.2, 0.25) is 5.88 Å². The van der Waals surface area contributed by atoms with Crippen LogP contribution in [0.1, 0.15) is 22.8 Å². The highest BCUT2D eigenvalue weighted by Crippen LogP contribution is 2.29. The topological polar surface area (TPSA) is 89.3 Å². The number of carbonyl (C=O) groups excluding carboxylic acids is 1. The number of nitrogens with one attached hydrogen (secondary N) is 1. The van der Waals surface area contributed by atoms with Gasteiger partial charge in [-0.1, -0.05) is 47.1 Å². The largest absolute Gasteiger partial charge is 0.337 e. The summed E-state index contributed by atoms with van der Waals surface area (Å²) in [5.41, 5.74) is 2.72. The van der Waals surface area contributed by atoms with Crippen molar-refractivity contribution in [3.63, 3.8) is 0 Å². The van der Waals surface area contributed by atoms with Crippen molar-refractivity contribution in [3.05, 3.63) is 65.9 Å². The molecule has 0 aliphatic carbocycles. The van der Waals surface area contributed by atoms with Crippen LogP contribution in [0.5, 0.6) is 0 Å². The van der Waals surface area contributed by atoms with E-state index in [4.69, 9.17) is 4.52 Å². The van der Waals surface area contributed by atoms with E-state index in [1.807, 2.05) is 31.2 Å². The third kappa shape index (κ3) is 3.61. The van der Waals surface area contributed by atoms with Gasteiger partial charge in [0, 0.05) is 5.56 Å². The van der Waals surface area contributed by atoms with Crippen molar-refractivity contribution in [2.75, 3.05) is 4.72 Å². The Labute approximate surface area is 145 Å². The van der Waals surface area contributed by atoms with Crippen LogP contribution in [0.3, 0.4) is 0 Å². The molecule has 1 heterocycles. The Kier molecular flexibility index (Phi) is 4.41. The van der Waals surface area contributed by atoms with E-state index in [1.54, 1.807) is 6.07 Å². The fourth-order valence-electron chi connectivity index (χ4n) is 2.32. The monoisotopic (exact) mass is 356 g/mol. The second-order valence-electron chi connectivity index (χ2n) is 5.62. The summed E-state index contributed by atoms with van der Waals surface area (Å²) < 4.78 is 32.7. The molecule has 0 saturated heterocycles. The van der Waals surface area contributed by atoms with Crippen molar-refractivity contribution < 1.29 is 17.7 Å². The number of ketones is 1. The van der Waals surface area contributed by atoms with E-state index in [0.29, 0.717) is 11.1 Å². The summed E-state index contributed by atoms with van der Waals surface area (Å²) >= 11 is 0. The summed E-state index contributed by atoms with van der Waals surface area (Å²) in [6.07, 6.45) is 1.45. The Hall–Kier alpha value is -2.93. The lowest BCUT2D eigenvalue weighted by atomic mass is 10.1. The van der Waals surface area contributed by atoms with Gasteiger partial charge in [-0.05, 0) is 31.5 Å². The highest BCUT2D eigenvalue weighted by atomic mass is 32.2. The smallest absolute Gasteiger partial charge is 0.264 e. The number of aryl methyl sites for hydroxylation is 1. The molecule has 0 radical (unpaired) electrons. The molecule has 0 aliphatic heterocycles. The van der Waals surface area contributed by atoms with Crippen molar-refractivity contribution in [3.8, 4) is 11.1 Å². The van der Waals surface area contributed by atoms with Crippen LogP contribution < -0.4 is 4.72 Å². The van der Waals surface area contributed by atoms with E-state index in [-0.39, 0.29) is 16.6 Å². The zero-order chi connectivity index (χ0) is 18.0. The van der Waals surface area contributed by atoms with Gasteiger partial charge >= 0.3 is 0 Å². The van der Waals surface area contributed by atoms with E-state index in [1.165, 1.54) is 31.3 Å². The van der Waals surface area contributed by atoms with Crippen molar-refractivity contribution in [2.24, 2.45) is 0 Å². The number of Topliss-reactive ketones (excluding diaryl/α,β-unsaturated/α-hetero) is 1. The number of benzene rings is 2. The van der Waals surface area contributed by atoms with Crippen LogP contribution in [0, 0.1) is 6.92 Å². The van der Waals surface area contributed by atoms with E-state index in [2.05, 4.69) is 9.88 Å². The molecule has 7 heteroatoms. The molecule has 3 rings (SSSR count). The van der Waals surface area contributed by atoms with Gasteiger partial charge in [-0.15, -0.1) is 0 Å². The van der Waals surface area contributed by atoms with Gasteiger partial charge < -0.3 is 4.52 Å². The van der Waals surface area contributed by atoms with Crippen LogP contribution in [0.2, 0.25) is 0 Å². The Morgan fingerprint density at radius 2 is 1.84 bits per heavy atom. The average molecular weight is 356 g/mol. The first-order valence-corrected chi connectivity index (χ1v) is 9.01. The fourth-order valence-corrected chi connectivity index (χ4v) is 3.36. The second-order valence-corrected chi connectivity index (χ2v) is 7.31. The minimum Gasteiger partial charge on any atom is -0.337 e. The van der Waals surface area contributed by atoms with Gasteiger partial charge in [0.05, 0.1) is 16.7 Å². The summed E-state index contributed by atoms with van der Waals surface area (Å²) in [4.78, 5) is 11.4. The molecule has 3 aromatic rings. The van der Waals surface area contributed by atoms with Crippen LogP contribution in [-0.4, -0.2) is 19.4 Å². The Bertz CT molecular complexity index is 1020. The first-order valence-electron chi connectivity index (χ1n) is 7.52. The lowest BCUT2D eigenvalue weighted by Gasteiger charge is -2.08. The number of hydrogen-bond acceptors (Lipinski definition) is 5. The summed E-state index contributed by atoms with van der Waals surface area (Å²) in [7, 11) is -3.91. The number of hydrogen-bond donors (Lipinski definition) is 1. The van der Waals surface area contributed by atoms with Gasteiger partial charge in [0.25, 0.3) is 10.0 Å². The lowest BCUT2D eigenvalue weighted by molar-refractivity contribution is 0.101. The quantitative estimate of drug-likeness (QED) is 0.705. The zero-order valence-electron chi connectivity index (χ0n) is 13.7. The van der Waals surface area contributed by atoms with Gasteiger partial charge in [-0.3, -0.25) is 4.79 Å². The molecule has 0 atom stereocenters. The van der Waals surface area contributed by atoms with Gasteiger partial charge in [-0.2, -0.15) is 0 Å². The maximum atomic E-state index is 12.6. The minimum atomic E-state index is -3.91. The lowest BCUT2D eigenvalue weighted by Crippen LogP contribution is -2.13. The van der Waals surface area contributed by atoms with Crippen LogP contribution in [0.15, 0.2) is 64.1 Å². The van der Waals surface area contributed by atoms with Crippen LogP contribution in [0.25, 0.3) is 11.1 Å². The molecule has 6 nitrogen and oxygen atoms in total. The zero-order valence-corrected chi connectivity index (χ0v) is 14.5. The van der Waals surface area contributed by atoms with E-state index < -0.39 is 10.0 Å². The van der Waals surface area contributed by atoms with Crippen molar-refractivity contribution in [1.29, 1.82) is 0 Å². The minimum absolute atomic E-state index is 0.0218. The maximum Gasteiger partial charge on any atom is 0.264 e. The number of sulfonamides is 1. The SMILES string of the molecule is CC(=O)c1cccc(S(=O)(=O)Nc2oncc2-c2ccc(C)cc2)c1. The number of carbonyl (C=O) groups is 1. The van der Waals surface area contributed by atoms with E-state index in [9.17, 15) is 13.2 Å². The van der Waals surface area contributed by atoms with Gasteiger partial charge in [0.15, 0.2) is 5.78 Å². The molecular weight excluding hydrogens is 340 g/mol. The standard InChI is InChI=1S/C18H16N2O4S/c1-12-6-8-14(9-7-12)17-11-19-24-18(17)20-25(22,23)16-5-3-4-15(10-16)13(2)21/h3-11,20H,1-2H3. The molecule has 0 unspecified atom stereocenters. The predicted molar refractivity (Wildman–Crippen MR) is 93.9 cm³/mol. The van der Waals surface area contributed by atoms with Crippen LogP contribution in [-0.2, 0) is 10.0 Å². The fraction of sp³-hybridized carbons (Fsp3) is 0.111. The number of nitrogens with zero attached hydrogens (tertiary/aromatic N) is 1.